The summed E-state index contributed by atoms with van der Waals surface area (Å²) in [5.41, 5.74) is 21.8. The Bertz CT molecular complexity index is 1970. The lowest BCUT2D eigenvalue weighted by Gasteiger charge is -2.32. The van der Waals surface area contributed by atoms with Crippen molar-refractivity contribution in [3.05, 3.63) is 29.8 Å². The molecule has 0 saturated carbocycles. The van der Waals surface area contributed by atoms with Gasteiger partial charge in [-0.1, -0.05) is 46.2 Å². The van der Waals surface area contributed by atoms with Gasteiger partial charge in [-0.2, -0.15) is 0 Å². The molecule has 25 heteroatoms. The van der Waals surface area contributed by atoms with E-state index in [1.165, 1.54) is 29.2 Å². The average Bonchev–Trinajstić information content (AvgIpc) is 3.76. The number of rotatable bonds is 28. The summed E-state index contributed by atoms with van der Waals surface area (Å²) in [6, 6.07) is -5.94. The summed E-state index contributed by atoms with van der Waals surface area (Å²) in [6.45, 7) is 5.82. The number of nitrogens with two attached hydrogens (primary N) is 4. The number of aromatic hydroxyl groups is 1. The molecule has 0 radical (unpaired) electrons. The maximum atomic E-state index is 14.5. The normalized spacial score (nSPS) is 16.9. The third-order valence-corrected chi connectivity index (χ3v) is 11.0. The van der Waals surface area contributed by atoms with Crippen molar-refractivity contribution in [2.75, 3.05) is 13.2 Å². The van der Waals surface area contributed by atoms with Crippen molar-refractivity contribution >= 4 is 65.0 Å². The highest BCUT2D eigenvalue weighted by Gasteiger charge is 2.41. The lowest BCUT2D eigenvalue weighted by Crippen LogP contribution is -2.61. The quantitative estimate of drug-likeness (QED) is 0.0376. The molecule has 1 fully saturated rings. The number of carboxylic acid groups (broad SMARTS) is 1. The summed E-state index contributed by atoms with van der Waals surface area (Å²) in [7, 11) is 0. The number of phenols is 1. The van der Waals surface area contributed by atoms with Crippen LogP contribution in [-0.2, 0) is 59.2 Å². The molecular weight excluding hydrogens is 883 g/mol. The number of carbonyl (C=O) groups is 11. The number of hydrogen-bond donors (Lipinski definition) is 13. The number of aliphatic carboxylic acids is 1. The maximum absolute atomic E-state index is 14.5. The van der Waals surface area contributed by atoms with E-state index in [-0.39, 0.29) is 44.4 Å². The Balaban J connectivity index is 2.44. The summed E-state index contributed by atoms with van der Waals surface area (Å²) in [6.07, 6.45) is -1.70. The zero-order valence-electron chi connectivity index (χ0n) is 38.0. The molecule has 1 saturated heterocycles. The van der Waals surface area contributed by atoms with Crippen LogP contribution in [0.4, 0.5) is 0 Å². The Morgan fingerprint density at radius 3 is 1.73 bits per heavy atom. The van der Waals surface area contributed by atoms with Crippen LogP contribution in [0.5, 0.6) is 5.75 Å². The molecule has 10 amide bonds. The molecule has 67 heavy (non-hydrogen) atoms. The number of aliphatic hydroxyl groups excluding tert-OH is 1. The van der Waals surface area contributed by atoms with E-state index < -0.39 is 145 Å². The molecule has 372 valence electrons. The molecule has 0 aromatic heterocycles. The second-order valence-corrected chi connectivity index (χ2v) is 16.7. The SMILES string of the molecule is CC[C@H](C)[C@H](NC(=O)[C@@H]1CCCN1C(=O)[C@H](Cc1ccc(O)cc1)NC(=O)[C@H](CC(N)=O)NC(=O)[C@H](CCC(N)=O)NC(=O)[C@@H](N)CO)C(=O)N[C@H](C(=O)N[C@@H](CCC(N)=O)C(=O)O)C(C)C. The Hall–Kier alpha value is -6.89. The smallest absolute Gasteiger partial charge is 0.326 e. The highest BCUT2D eigenvalue weighted by Crippen LogP contribution is 2.22. The van der Waals surface area contributed by atoms with Crippen LogP contribution >= 0.6 is 0 Å². The third-order valence-electron chi connectivity index (χ3n) is 11.0. The van der Waals surface area contributed by atoms with Gasteiger partial charge in [0.2, 0.25) is 59.1 Å². The topological polar surface area (TPSA) is 428 Å². The lowest BCUT2D eigenvalue weighted by molar-refractivity contribution is -0.143. The van der Waals surface area contributed by atoms with Gasteiger partial charge in [0.15, 0.2) is 0 Å². The number of carboxylic acids is 1. The van der Waals surface area contributed by atoms with Crippen molar-refractivity contribution in [1.82, 2.24) is 36.8 Å². The summed E-state index contributed by atoms with van der Waals surface area (Å²) in [5, 5.41) is 43.5. The van der Waals surface area contributed by atoms with E-state index in [0.717, 1.165) is 0 Å². The molecule has 2 rings (SSSR count). The molecule has 0 spiro atoms. The van der Waals surface area contributed by atoms with E-state index in [1.807, 2.05) is 0 Å². The number of primary amides is 3. The van der Waals surface area contributed by atoms with Gasteiger partial charge in [0.1, 0.15) is 54.1 Å². The summed E-state index contributed by atoms with van der Waals surface area (Å²) < 4.78 is 0. The molecule has 1 aliphatic heterocycles. The summed E-state index contributed by atoms with van der Waals surface area (Å²) >= 11 is 0. The van der Waals surface area contributed by atoms with Crippen LogP contribution in [0.2, 0.25) is 0 Å². The molecule has 0 aliphatic carbocycles. The van der Waals surface area contributed by atoms with E-state index in [1.54, 1.807) is 27.7 Å². The molecule has 9 atom stereocenters. The van der Waals surface area contributed by atoms with Gasteiger partial charge in [0.05, 0.1) is 13.0 Å². The minimum absolute atomic E-state index is 0.00776. The van der Waals surface area contributed by atoms with Crippen LogP contribution < -0.4 is 54.8 Å². The Labute approximate surface area is 386 Å². The number of likely N-dealkylation sites (tertiary alicyclic amines) is 1. The second-order valence-electron chi connectivity index (χ2n) is 16.7. The first-order valence-electron chi connectivity index (χ1n) is 21.7. The number of phenolic OH excluding ortho intramolecular Hbond substituents is 1. The number of benzene rings is 1. The molecule has 1 aromatic rings. The van der Waals surface area contributed by atoms with E-state index in [0.29, 0.717) is 18.4 Å². The van der Waals surface area contributed by atoms with Crippen molar-refractivity contribution < 1.29 is 68.1 Å². The van der Waals surface area contributed by atoms with E-state index in [4.69, 9.17) is 22.9 Å². The van der Waals surface area contributed by atoms with Gasteiger partial charge in [0, 0.05) is 25.8 Å². The van der Waals surface area contributed by atoms with Crippen LogP contribution in [0.25, 0.3) is 0 Å². The van der Waals surface area contributed by atoms with E-state index >= 15 is 0 Å². The molecule has 0 unspecified atom stereocenters. The first kappa shape index (κ1) is 56.2. The molecule has 1 heterocycles. The highest BCUT2D eigenvalue weighted by molar-refractivity contribution is 5.99. The minimum atomic E-state index is -1.77. The van der Waals surface area contributed by atoms with Crippen LogP contribution in [0.15, 0.2) is 24.3 Å². The number of nitrogens with zero attached hydrogens (tertiary/aromatic N) is 1. The van der Waals surface area contributed by atoms with Crippen molar-refractivity contribution in [1.29, 1.82) is 0 Å². The predicted octanol–water partition coefficient (Wildman–Crippen LogP) is -4.65. The molecule has 25 nitrogen and oxygen atoms in total. The molecular formula is C42H65N11O14. The van der Waals surface area contributed by atoms with Gasteiger partial charge in [-0.3, -0.25) is 47.9 Å². The van der Waals surface area contributed by atoms with E-state index in [2.05, 4.69) is 31.9 Å². The van der Waals surface area contributed by atoms with Crippen molar-refractivity contribution in [3.8, 4) is 5.75 Å². The standard InChI is InChI=1S/C42H65N11O14/c1-5-21(4)34(40(64)51-33(20(2)3)39(63)48-26(42(66)67)13-15-31(45)57)52-38(62)29-7-6-16-53(29)41(65)28(17-22-8-10-23(55)11-9-22)50-37(61)27(18-32(46)58)49-36(60)25(12-14-30(44)56)47-35(59)24(43)19-54/h8-11,20-21,24-29,33-34,54-55H,5-7,12-19,43H2,1-4H3,(H2,44,56)(H2,45,57)(H2,46,58)(H,47,59)(H,48,63)(H,49,60)(H,50,61)(H,51,64)(H,52,62)(H,66,67)/t21-,24-,25-,26-,27-,28-,29-,33-,34-/m0/s1. The first-order chi connectivity index (χ1) is 31.4. The summed E-state index contributed by atoms with van der Waals surface area (Å²) in [4.78, 5) is 144. The van der Waals surface area contributed by atoms with Gasteiger partial charge in [-0.25, -0.2) is 4.79 Å². The fraction of sp³-hybridized carbons (Fsp3) is 0.595. The highest BCUT2D eigenvalue weighted by atomic mass is 16.4. The number of nitrogens with one attached hydrogen (secondary N) is 6. The number of hydrogen-bond acceptors (Lipinski definition) is 14. The number of carbonyl (C=O) groups excluding carboxylic acids is 10. The molecule has 0 bridgehead atoms. The Kier molecular flexibility index (Phi) is 22.6. The van der Waals surface area contributed by atoms with Gasteiger partial charge in [-0.05, 0) is 55.2 Å². The fourth-order valence-corrected chi connectivity index (χ4v) is 6.98. The van der Waals surface area contributed by atoms with E-state index in [9.17, 15) is 68.1 Å². The summed E-state index contributed by atoms with van der Waals surface area (Å²) in [5.74, 6) is -11.7. The van der Waals surface area contributed by atoms with Crippen LogP contribution in [-0.4, -0.2) is 147 Å². The van der Waals surface area contributed by atoms with Crippen molar-refractivity contribution in [2.45, 2.75) is 134 Å². The minimum Gasteiger partial charge on any atom is -0.508 e. The maximum Gasteiger partial charge on any atom is 0.326 e. The lowest BCUT2D eigenvalue weighted by atomic mass is 9.95. The third kappa shape index (κ3) is 18.1. The predicted molar refractivity (Wildman–Crippen MR) is 236 cm³/mol. The number of amides is 10. The molecule has 1 aliphatic rings. The van der Waals surface area contributed by atoms with Gasteiger partial charge < -0.3 is 75.1 Å². The largest absolute Gasteiger partial charge is 0.508 e. The van der Waals surface area contributed by atoms with Crippen LogP contribution in [0, 0.1) is 11.8 Å². The van der Waals surface area contributed by atoms with Crippen LogP contribution in [0.1, 0.15) is 84.6 Å². The molecule has 17 N–H and O–H groups in total. The first-order valence-corrected chi connectivity index (χ1v) is 21.7. The van der Waals surface area contributed by atoms with Gasteiger partial charge in [0.25, 0.3) is 0 Å². The average molecular weight is 948 g/mol. The van der Waals surface area contributed by atoms with Crippen molar-refractivity contribution in [3.63, 3.8) is 0 Å². The fourth-order valence-electron chi connectivity index (χ4n) is 6.98. The Morgan fingerprint density at radius 2 is 1.21 bits per heavy atom. The van der Waals surface area contributed by atoms with Crippen molar-refractivity contribution in [2.24, 2.45) is 34.8 Å². The Morgan fingerprint density at radius 1 is 0.687 bits per heavy atom. The zero-order valence-corrected chi connectivity index (χ0v) is 38.0. The monoisotopic (exact) mass is 947 g/mol. The van der Waals surface area contributed by atoms with Gasteiger partial charge in [-0.15, -0.1) is 0 Å². The molecule has 1 aromatic carbocycles. The second kappa shape index (κ2) is 26.9. The van der Waals surface area contributed by atoms with Crippen LogP contribution in [0.3, 0.4) is 0 Å². The van der Waals surface area contributed by atoms with Gasteiger partial charge >= 0.3 is 5.97 Å². The zero-order chi connectivity index (χ0) is 50.7. The number of aliphatic hydroxyl groups is 1.